The highest BCUT2D eigenvalue weighted by atomic mass is 32.1. The van der Waals surface area contributed by atoms with Gasteiger partial charge in [-0.2, -0.15) is 0 Å². The van der Waals surface area contributed by atoms with Gasteiger partial charge in [-0.1, -0.05) is 27.2 Å². The maximum atomic E-state index is 5.56. The Kier molecular flexibility index (Phi) is 6.46. The van der Waals surface area contributed by atoms with E-state index in [4.69, 9.17) is 14.8 Å². The summed E-state index contributed by atoms with van der Waals surface area (Å²) in [6, 6.07) is 0.342. The SMILES string of the molecule is CCCC(c1nc(-c2nc(C)cs2)nn1C(C)C1CCOCC1)C(C)C. The Bertz CT molecular complexity index is 702. The standard InChI is InChI=1S/C20H32N4OS/c1-6-7-17(13(2)3)19-22-18(20-21-14(4)12-26-20)23-24(19)15(5)16-8-10-25-11-9-16/h12-13,15-17H,6-11H2,1-5H3. The Morgan fingerprint density at radius 1 is 1.23 bits per heavy atom. The van der Waals surface area contributed by atoms with Gasteiger partial charge in [-0.3, -0.25) is 0 Å². The van der Waals surface area contributed by atoms with Crippen LogP contribution in [0.3, 0.4) is 0 Å². The first kappa shape index (κ1) is 19.5. The van der Waals surface area contributed by atoms with Crippen molar-refractivity contribution in [1.82, 2.24) is 19.7 Å². The van der Waals surface area contributed by atoms with E-state index in [1.54, 1.807) is 11.3 Å². The fraction of sp³-hybridized carbons (Fsp3) is 0.750. The molecule has 0 aromatic carbocycles. The molecule has 1 aliphatic rings. The van der Waals surface area contributed by atoms with Gasteiger partial charge in [-0.05, 0) is 44.9 Å². The number of thiazole rings is 1. The summed E-state index contributed by atoms with van der Waals surface area (Å²) < 4.78 is 7.79. The minimum absolute atomic E-state index is 0.342. The summed E-state index contributed by atoms with van der Waals surface area (Å²) >= 11 is 1.64. The van der Waals surface area contributed by atoms with Crippen LogP contribution in [-0.4, -0.2) is 33.0 Å². The Labute approximate surface area is 161 Å². The predicted molar refractivity (Wildman–Crippen MR) is 107 cm³/mol. The Hall–Kier alpha value is -1.27. The summed E-state index contributed by atoms with van der Waals surface area (Å²) in [4.78, 5) is 9.64. The van der Waals surface area contributed by atoms with E-state index < -0.39 is 0 Å². The van der Waals surface area contributed by atoms with Crippen LogP contribution >= 0.6 is 11.3 Å². The molecule has 5 nitrogen and oxygen atoms in total. The van der Waals surface area contributed by atoms with Crippen LogP contribution in [0.15, 0.2) is 5.38 Å². The lowest BCUT2D eigenvalue weighted by molar-refractivity contribution is 0.0487. The van der Waals surface area contributed by atoms with Gasteiger partial charge in [0.25, 0.3) is 0 Å². The molecule has 26 heavy (non-hydrogen) atoms. The second-order valence-corrected chi connectivity index (χ2v) is 8.72. The number of hydrogen-bond donors (Lipinski definition) is 0. The minimum Gasteiger partial charge on any atom is -0.381 e. The van der Waals surface area contributed by atoms with Gasteiger partial charge in [0, 0.05) is 30.2 Å². The zero-order valence-corrected chi connectivity index (χ0v) is 17.6. The summed E-state index contributed by atoms with van der Waals surface area (Å²) in [6.45, 7) is 12.9. The van der Waals surface area contributed by atoms with Gasteiger partial charge in [0.15, 0.2) is 5.01 Å². The van der Waals surface area contributed by atoms with Crippen molar-refractivity contribution in [2.75, 3.05) is 13.2 Å². The lowest BCUT2D eigenvalue weighted by atomic mass is 9.89. The molecule has 0 radical (unpaired) electrons. The molecule has 2 aromatic heterocycles. The molecular weight excluding hydrogens is 344 g/mol. The van der Waals surface area contributed by atoms with Crippen molar-refractivity contribution in [3.8, 4) is 10.8 Å². The van der Waals surface area contributed by atoms with Gasteiger partial charge < -0.3 is 4.74 Å². The topological polar surface area (TPSA) is 52.8 Å². The van der Waals surface area contributed by atoms with Gasteiger partial charge >= 0.3 is 0 Å². The van der Waals surface area contributed by atoms with Gasteiger partial charge in [0.05, 0.1) is 6.04 Å². The average molecular weight is 377 g/mol. The largest absolute Gasteiger partial charge is 0.381 e. The van der Waals surface area contributed by atoms with Crippen LogP contribution in [-0.2, 0) is 4.74 Å². The first-order chi connectivity index (χ1) is 12.5. The van der Waals surface area contributed by atoms with Crippen molar-refractivity contribution >= 4 is 11.3 Å². The Balaban J connectivity index is 2.00. The van der Waals surface area contributed by atoms with Crippen molar-refractivity contribution in [1.29, 1.82) is 0 Å². The molecule has 0 N–H and O–H groups in total. The predicted octanol–water partition coefficient (Wildman–Crippen LogP) is 5.24. The van der Waals surface area contributed by atoms with Crippen LogP contribution in [0.25, 0.3) is 10.8 Å². The van der Waals surface area contributed by atoms with Crippen LogP contribution in [0.1, 0.15) is 76.9 Å². The molecule has 0 bridgehead atoms. The minimum atomic E-state index is 0.342. The summed E-state index contributed by atoms with van der Waals surface area (Å²) in [6.07, 6.45) is 4.51. The van der Waals surface area contributed by atoms with E-state index in [-0.39, 0.29) is 0 Å². The molecule has 0 aliphatic carbocycles. The molecule has 2 unspecified atom stereocenters. The third-order valence-corrected chi connectivity index (χ3v) is 6.49. The maximum absolute atomic E-state index is 5.56. The summed E-state index contributed by atoms with van der Waals surface area (Å²) in [5, 5.41) is 7.97. The molecule has 144 valence electrons. The van der Waals surface area contributed by atoms with E-state index in [9.17, 15) is 0 Å². The molecular formula is C20H32N4OS. The van der Waals surface area contributed by atoms with Gasteiger partial charge in [-0.15, -0.1) is 16.4 Å². The Morgan fingerprint density at radius 2 is 1.96 bits per heavy atom. The fourth-order valence-corrected chi connectivity index (χ4v) is 4.63. The number of aromatic nitrogens is 4. The van der Waals surface area contributed by atoms with Crippen molar-refractivity contribution in [3.05, 3.63) is 16.9 Å². The Morgan fingerprint density at radius 3 is 2.54 bits per heavy atom. The van der Waals surface area contributed by atoms with Crippen molar-refractivity contribution < 1.29 is 4.74 Å². The number of ether oxygens (including phenoxy) is 1. The molecule has 1 aliphatic heterocycles. The van der Waals surface area contributed by atoms with E-state index in [0.717, 1.165) is 61.2 Å². The molecule has 1 saturated heterocycles. The van der Waals surface area contributed by atoms with E-state index in [2.05, 4.69) is 42.7 Å². The number of rotatable bonds is 7. The van der Waals surface area contributed by atoms with Crippen LogP contribution in [0, 0.1) is 18.8 Å². The fourth-order valence-electron chi connectivity index (χ4n) is 3.90. The number of nitrogens with zero attached hydrogens (tertiary/aromatic N) is 4. The summed E-state index contributed by atoms with van der Waals surface area (Å²) in [7, 11) is 0. The maximum Gasteiger partial charge on any atom is 0.210 e. The van der Waals surface area contributed by atoms with E-state index in [1.807, 2.05) is 6.92 Å². The molecule has 2 aromatic rings. The zero-order valence-electron chi connectivity index (χ0n) is 16.7. The molecule has 0 saturated carbocycles. The smallest absolute Gasteiger partial charge is 0.210 e. The van der Waals surface area contributed by atoms with Crippen molar-refractivity contribution in [2.45, 2.75) is 72.3 Å². The second-order valence-electron chi connectivity index (χ2n) is 7.86. The van der Waals surface area contributed by atoms with Gasteiger partial charge in [0.1, 0.15) is 5.82 Å². The molecule has 0 amide bonds. The quantitative estimate of drug-likeness (QED) is 0.663. The first-order valence-electron chi connectivity index (χ1n) is 9.97. The lowest BCUT2D eigenvalue weighted by Gasteiger charge is -2.30. The lowest BCUT2D eigenvalue weighted by Crippen LogP contribution is -2.27. The van der Waals surface area contributed by atoms with Crippen LogP contribution < -0.4 is 0 Å². The molecule has 6 heteroatoms. The summed E-state index contributed by atoms with van der Waals surface area (Å²) in [5.74, 6) is 3.52. The van der Waals surface area contributed by atoms with E-state index in [1.165, 1.54) is 0 Å². The molecule has 0 spiro atoms. The summed E-state index contributed by atoms with van der Waals surface area (Å²) in [5.41, 5.74) is 1.04. The number of aryl methyl sites for hydroxylation is 1. The van der Waals surface area contributed by atoms with Crippen molar-refractivity contribution in [2.24, 2.45) is 11.8 Å². The highest BCUT2D eigenvalue weighted by Gasteiger charge is 2.30. The average Bonchev–Trinajstić information content (AvgIpc) is 3.26. The molecule has 1 fully saturated rings. The highest BCUT2D eigenvalue weighted by molar-refractivity contribution is 7.13. The normalized spacial score (nSPS) is 18.4. The number of hydrogen-bond acceptors (Lipinski definition) is 5. The van der Waals surface area contributed by atoms with Crippen LogP contribution in [0.2, 0.25) is 0 Å². The second kappa shape index (κ2) is 8.61. The third kappa shape index (κ3) is 4.17. The molecule has 2 atom stereocenters. The first-order valence-corrected chi connectivity index (χ1v) is 10.9. The van der Waals surface area contributed by atoms with Crippen molar-refractivity contribution in [3.63, 3.8) is 0 Å². The highest BCUT2D eigenvalue weighted by Crippen LogP contribution is 2.35. The van der Waals surface area contributed by atoms with E-state index in [0.29, 0.717) is 23.8 Å². The van der Waals surface area contributed by atoms with Crippen LogP contribution in [0.4, 0.5) is 0 Å². The van der Waals surface area contributed by atoms with Gasteiger partial charge in [-0.25, -0.2) is 14.6 Å². The van der Waals surface area contributed by atoms with Gasteiger partial charge in [0.2, 0.25) is 5.82 Å². The molecule has 3 rings (SSSR count). The third-order valence-electron chi connectivity index (χ3n) is 5.54. The van der Waals surface area contributed by atoms with E-state index >= 15 is 0 Å². The van der Waals surface area contributed by atoms with Crippen LogP contribution in [0.5, 0.6) is 0 Å². The zero-order chi connectivity index (χ0) is 18.7. The monoisotopic (exact) mass is 376 g/mol. The molecule has 3 heterocycles.